The maximum atomic E-state index is 12.8. The second kappa shape index (κ2) is 8.15. The summed E-state index contributed by atoms with van der Waals surface area (Å²) in [6.07, 6.45) is -0.735. The van der Waals surface area contributed by atoms with E-state index in [9.17, 15) is 23.1 Å². The van der Waals surface area contributed by atoms with Crippen molar-refractivity contribution in [3.05, 3.63) is 29.8 Å². The summed E-state index contributed by atoms with van der Waals surface area (Å²) in [6.45, 7) is 4.11. The highest BCUT2D eigenvalue weighted by Crippen LogP contribution is 2.23. The number of carbonyl (C=O) groups excluding carboxylic acids is 2. The summed E-state index contributed by atoms with van der Waals surface area (Å²) in [4.78, 5) is 25.9. The lowest BCUT2D eigenvalue weighted by Crippen LogP contribution is -2.41. The van der Waals surface area contributed by atoms with Crippen LogP contribution in [0.25, 0.3) is 0 Å². The fraction of sp³-hybridized carbons (Fsp3) is 0.529. The van der Waals surface area contributed by atoms with Gasteiger partial charge in [0.15, 0.2) is 0 Å². The van der Waals surface area contributed by atoms with Crippen molar-refractivity contribution in [1.82, 2.24) is 9.21 Å². The van der Waals surface area contributed by atoms with E-state index in [1.165, 1.54) is 40.6 Å². The van der Waals surface area contributed by atoms with E-state index in [0.717, 1.165) is 0 Å². The number of likely N-dealkylation sites (tertiary alicyclic amines) is 1. The van der Waals surface area contributed by atoms with Gasteiger partial charge in [0.1, 0.15) is 6.04 Å². The number of rotatable bonds is 6. The monoisotopic (exact) mass is 384 g/mol. The largest absolute Gasteiger partial charge is 0.467 e. The Morgan fingerprint density at radius 2 is 1.96 bits per heavy atom. The van der Waals surface area contributed by atoms with Crippen LogP contribution in [-0.4, -0.2) is 73.5 Å². The minimum atomic E-state index is -3.70. The number of methoxy groups -OCH3 is 1. The Kier molecular flexibility index (Phi) is 6.38. The quantitative estimate of drug-likeness (QED) is 0.715. The summed E-state index contributed by atoms with van der Waals surface area (Å²) in [5, 5.41) is 9.83. The van der Waals surface area contributed by atoms with E-state index in [2.05, 4.69) is 0 Å². The minimum absolute atomic E-state index is 0.00831. The number of esters is 1. The molecule has 1 heterocycles. The number of ether oxygens (including phenoxy) is 1. The number of sulfonamides is 1. The SMILES string of the molecule is CCN(CC)S(=O)(=O)c1cccc(C(=O)N2C[C@H](O)C[C@H]2C(=O)OC)c1. The third-order valence-corrected chi connectivity index (χ3v) is 6.48. The Bertz CT molecular complexity index is 775. The smallest absolute Gasteiger partial charge is 0.328 e. The summed E-state index contributed by atoms with van der Waals surface area (Å²) < 4.78 is 31.3. The van der Waals surface area contributed by atoms with Crippen molar-refractivity contribution in [3.8, 4) is 0 Å². The number of carbonyl (C=O) groups is 2. The van der Waals surface area contributed by atoms with Crippen molar-refractivity contribution in [2.45, 2.75) is 37.3 Å². The Morgan fingerprint density at radius 3 is 2.54 bits per heavy atom. The zero-order chi connectivity index (χ0) is 19.5. The summed E-state index contributed by atoms with van der Waals surface area (Å²) >= 11 is 0. The third-order valence-electron chi connectivity index (χ3n) is 4.44. The molecule has 0 radical (unpaired) electrons. The molecule has 0 bridgehead atoms. The lowest BCUT2D eigenvalue weighted by Gasteiger charge is -2.23. The molecule has 1 aromatic rings. The van der Waals surface area contributed by atoms with Crippen LogP contribution < -0.4 is 0 Å². The molecule has 8 nitrogen and oxygen atoms in total. The van der Waals surface area contributed by atoms with Gasteiger partial charge in [-0.05, 0) is 18.2 Å². The third kappa shape index (κ3) is 3.89. The number of aliphatic hydroxyl groups excluding tert-OH is 1. The first-order valence-corrected chi connectivity index (χ1v) is 9.87. The van der Waals surface area contributed by atoms with Crippen LogP contribution in [0.3, 0.4) is 0 Å². The van der Waals surface area contributed by atoms with Gasteiger partial charge in [-0.3, -0.25) is 4.79 Å². The average Bonchev–Trinajstić information content (AvgIpc) is 3.03. The molecule has 0 spiro atoms. The molecular formula is C17H24N2O6S. The van der Waals surface area contributed by atoms with E-state index in [-0.39, 0.29) is 23.4 Å². The van der Waals surface area contributed by atoms with Crippen LogP contribution in [0.5, 0.6) is 0 Å². The Morgan fingerprint density at radius 1 is 1.31 bits per heavy atom. The molecule has 0 aliphatic carbocycles. The number of nitrogens with zero attached hydrogens (tertiary/aromatic N) is 2. The highest BCUT2D eigenvalue weighted by Gasteiger charge is 2.40. The van der Waals surface area contributed by atoms with Gasteiger partial charge in [-0.25, -0.2) is 13.2 Å². The minimum Gasteiger partial charge on any atom is -0.467 e. The van der Waals surface area contributed by atoms with Crippen LogP contribution in [0.15, 0.2) is 29.2 Å². The van der Waals surface area contributed by atoms with Gasteiger partial charge in [-0.1, -0.05) is 19.9 Å². The first-order valence-electron chi connectivity index (χ1n) is 8.43. The van der Waals surface area contributed by atoms with Crippen molar-refractivity contribution in [2.75, 3.05) is 26.7 Å². The Hall–Kier alpha value is -1.97. The number of amides is 1. The molecule has 1 aromatic carbocycles. The molecule has 2 rings (SSSR count). The van der Waals surface area contributed by atoms with Crippen molar-refractivity contribution >= 4 is 21.9 Å². The van der Waals surface area contributed by atoms with E-state index in [4.69, 9.17) is 4.74 Å². The van der Waals surface area contributed by atoms with Crippen molar-refractivity contribution < 1.29 is 27.9 Å². The Labute approximate surface area is 153 Å². The first-order chi connectivity index (χ1) is 12.3. The highest BCUT2D eigenvalue weighted by molar-refractivity contribution is 7.89. The average molecular weight is 384 g/mol. The maximum Gasteiger partial charge on any atom is 0.328 e. The number of hydrogen-bond donors (Lipinski definition) is 1. The molecular weight excluding hydrogens is 360 g/mol. The molecule has 0 unspecified atom stereocenters. The van der Waals surface area contributed by atoms with Crippen molar-refractivity contribution in [2.24, 2.45) is 0 Å². The van der Waals surface area contributed by atoms with Crippen LogP contribution in [0.1, 0.15) is 30.6 Å². The fourth-order valence-corrected chi connectivity index (χ4v) is 4.57. The van der Waals surface area contributed by atoms with Gasteiger partial charge in [-0.2, -0.15) is 4.31 Å². The lowest BCUT2D eigenvalue weighted by atomic mass is 10.1. The van der Waals surface area contributed by atoms with Gasteiger partial charge in [-0.15, -0.1) is 0 Å². The number of β-amino-alcohol motifs (C(OH)–C–C–N with tert-alkyl or cyclic N) is 1. The molecule has 0 saturated carbocycles. The van der Waals surface area contributed by atoms with Crippen LogP contribution in [0.2, 0.25) is 0 Å². The normalized spacial score (nSPS) is 20.4. The second-order valence-electron chi connectivity index (χ2n) is 6.00. The molecule has 1 N–H and O–H groups in total. The zero-order valence-corrected chi connectivity index (χ0v) is 15.9. The molecule has 1 amide bonds. The number of benzene rings is 1. The number of aliphatic hydroxyl groups is 1. The van der Waals surface area contributed by atoms with E-state index in [1.807, 2.05) is 0 Å². The lowest BCUT2D eigenvalue weighted by molar-refractivity contribution is -0.145. The molecule has 2 atom stereocenters. The molecule has 1 aliphatic rings. The molecule has 9 heteroatoms. The predicted molar refractivity (Wildman–Crippen MR) is 94.0 cm³/mol. The molecule has 1 aliphatic heterocycles. The van der Waals surface area contributed by atoms with E-state index >= 15 is 0 Å². The van der Waals surface area contributed by atoms with Gasteiger partial charge in [0.05, 0.1) is 18.1 Å². The van der Waals surface area contributed by atoms with Gasteiger partial charge in [0.25, 0.3) is 5.91 Å². The second-order valence-corrected chi connectivity index (χ2v) is 7.94. The molecule has 0 aromatic heterocycles. The van der Waals surface area contributed by atoms with Gasteiger partial charge in [0, 0.05) is 31.6 Å². The summed E-state index contributed by atoms with van der Waals surface area (Å²) in [6, 6.07) is 4.83. The molecule has 144 valence electrons. The molecule has 26 heavy (non-hydrogen) atoms. The topological polar surface area (TPSA) is 104 Å². The van der Waals surface area contributed by atoms with Crippen molar-refractivity contribution in [1.29, 1.82) is 0 Å². The molecule has 1 fully saturated rings. The first kappa shape index (κ1) is 20.3. The predicted octanol–water partition coefficient (Wildman–Crippen LogP) is 0.465. The van der Waals surface area contributed by atoms with Crippen LogP contribution in [-0.2, 0) is 19.6 Å². The van der Waals surface area contributed by atoms with E-state index in [0.29, 0.717) is 13.1 Å². The maximum absolute atomic E-state index is 12.8. The van der Waals surface area contributed by atoms with Gasteiger partial charge < -0.3 is 14.7 Å². The van der Waals surface area contributed by atoms with E-state index < -0.39 is 34.0 Å². The fourth-order valence-electron chi connectivity index (χ4n) is 3.07. The summed E-state index contributed by atoms with van der Waals surface area (Å²) in [5.41, 5.74) is 0.140. The van der Waals surface area contributed by atoms with Gasteiger partial charge in [0.2, 0.25) is 10.0 Å². The van der Waals surface area contributed by atoms with Gasteiger partial charge >= 0.3 is 5.97 Å². The van der Waals surface area contributed by atoms with E-state index in [1.54, 1.807) is 13.8 Å². The summed E-state index contributed by atoms with van der Waals surface area (Å²) in [7, 11) is -2.49. The standard InChI is InChI=1S/C17H24N2O6S/c1-4-18(5-2)26(23,24)14-8-6-7-12(9-14)16(21)19-11-13(20)10-15(19)17(22)25-3/h6-9,13,15,20H,4-5,10-11H2,1-3H3/t13-,15+/m1/s1. The summed E-state index contributed by atoms with van der Waals surface area (Å²) in [5.74, 6) is -1.13. The van der Waals surface area contributed by atoms with Crippen molar-refractivity contribution in [3.63, 3.8) is 0 Å². The highest BCUT2D eigenvalue weighted by atomic mass is 32.2. The van der Waals surface area contributed by atoms with Crippen LogP contribution in [0, 0.1) is 0 Å². The van der Waals surface area contributed by atoms with Crippen LogP contribution >= 0.6 is 0 Å². The Balaban J connectivity index is 2.35. The zero-order valence-electron chi connectivity index (χ0n) is 15.1. The molecule has 1 saturated heterocycles. The van der Waals surface area contributed by atoms with Crippen LogP contribution in [0.4, 0.5) is 0 Å². The number of hydrogen-bond acceptors (Lipinski definition) is 6.